The van der Waals surface area contributed by atoms with Crippen LogP contribution < -0.4 is 4.72 Å². The molecule has 0 fully saturated rings. The van der Waals surface area contributed by atoms with Crippen LogP contribution >= 0.6 is 0 Å². The third-order valence-corrected chi connectivity index (χ3v) is 3.82. The average molecular weight is 245 g/mol. The monoisotopic (exact) mass is 245 g/mol. The molecular formula is C10H19N3O2S. The maximum absolute atomic E-state index is 12.0. The van der Waals surface area contributed by atoms with Crippen LogP contribution in [0.15, 0.2) is 11.1 Å². The molecule has 0 unspecified atom stereocenters. The molecule has 0 bridgehead atoms. The van der Waals surface area contributed by atoms with Crippen molar-refractivity contribution >= 4 is 10.0 Å². The first-order valence-electron chi connectivity index (χ1n) is 5.24. The van der Waals surface area contributed by atoms with Gasteiger partial charge in [-0.05, 0) is 34.6 Å². The summed E-state index contributed by atoms with van der Waals surface area (Å²) in [5.41, 5.74) is 0.0400. The molecule has 92 valence electrons. The summed E-state index contributed by atoms with van der Waals surface area (Å²) in [6, 6.07) is 0. The van der Waals surface area contributed by atoms with E-state index in [0.29, 0.717) is 12.2 Å². The van der Waals surface area contributed by atoms with Gasteiger partial charge in [0, 0.05) is 18.3 Å². The fourth-order valence-electron chi connectivity index (χ4n) is 1.38. The van der Waals surface area contributed by atoms with Crippen molar-refractivity contribution in [1.29, 1.82) is 0 Å². The van der Waals surface area contributed by atoms with Crippen molar-refractivity contribution in [2.45, 2.75) is 51.6 Å². The van der Waals surface area contributed by atoms with E-state index < -0.39 is 15.6 Å². The van der Waals surface area contributed by atoms with Crippen LogP contribution in [0.5, 0.6) is 0 Å². The second kappa shape index (κ2) is 4.18. The summed E-state index contributed by atoms with van der Waals surface area (Å²) in [5.74, 6) is 0. The highest BCUT2D eigenvalue weighted by Gasteiger charge is 2.25. The Labute approximate surface area is 96.9 Å². The van der Waals surface area contributed by atoms with E-state index in [2.05, 4.69) is 9.82 Å². The molecule has 1 aromatic rings. The number of nitrogens with one attached hydrogen (secondary N) is 1. The third-order valence-electron chi connectivity index (χ3n) is 1.96. The summed E-state index contributed by atoms with van der Waals surface area (Å²) >= 11 is 0. The van der Waals surface area contributed by atoms with E-state index in [0.717, 1.165) is 0 Å². The van der Waals surface area contributed by atoms with Crippen molar-refractivity contribution in [2.24, 2.45) is 0 Å². The lowest BCUT2D eigenvalue weighted by Crippen LogP contribution is -2.40. The molecule has 6 heteroatoms. The minimum absolute atomic E-state index is 0.254. The minimum Gasteiger partial charge on any atom is -0.271 e. The number of hydrogen-bond acceptors (Lipinski definition) is 3. The Balaban J connectivity index is 3.12. The molecule has 1 N–H and O–H groups in total. The topological polar surface area (TPSA) is 64.0 Å². The Hall–Kier alpha value is -0.880. The number of aromatic nitrogens is 2. The molecule has 1 aromatic heterocycles. The van der Waals surface area contributed by atoms with E-state index in [9.17, 15) is 8.42 Å². The smallest absolute Gasteiger partial charge is 0.244 e. The van der Waals surface area contributed by atoms with Crippen LogP contribution in [-0.2, 0) is 16.6 Å². The second-order valence-corrected chi connectivity index (χ2v) is 6.44. The lowest BCUT2D eigenvalue weighted by molar-refractivity contribution is 0.491. The number of nitrogens with zero attached hydrogens (tertiary/aromatic N) is 2. The highest BCUT2D eigenvalue weighted by atomic mass is 32.2. The van der Waals surface area contributed by atoms with Gasteiger partial charge in [0.2, 0.25) is 10.0 Å². The Kier molecular flexibility index (Phi) is 3.44. The number of hydrogen-bond donors (Lipinski definition) is 1. The molecule has 0 spiro atoms. The van der Waals surface area contributed by atoms with Crippen LogP contribution in [0.25, 0.3) is 0 Å². The van der Waals surface area contributed by atoms with E-state index in [1.54, 1.807) is 17.8 Å². The summed E-state index contributed by atoms with van der Waals surface area (Å²) in [6.07, 6.45) is 1.56. The number of aryl methyl sites for hydroxylation is 2. The SMILES string of the molecule is CCn1cc(S(=O)(=O)NC(C)(C)C)c(C)n1. The molecule has 0 aliphatic heterocycles. The summed E-state index contributed by atoms with van der Waals surface area (Å²) in [6.45, 7) is 9.70. The van der Waals surface area contributed by atoms with E-state index in [1.165, 1.54) is 0 Å². The molecule has 0 amide bonds. The van der Waals surface area contributed by atoms with Crippen molar-refractivity contribution < 1.29 is 8.42 Å². The van der Waals surface area contributed by atoms with Gasteiger partial charge in [0.15, 0.2) is 0 Å². The fourth-order valence-corrected chi connectivity index (χ4v) is 2.99. The molecule has 0 aromatic carbocycles. The Morgan fingerprint density at radius 1 is 1.44 bits per heavy atom. The maximum Gasteiger partial charge on any atom is 0.244 e. The van der Waals surface area contributed by atoms with E-state index in [-0.39, 0.29) is 4.90 Å². The summed E-state index contributed by atoms with van der Waals surface area (Å²) in [7, 11) is -3.47. The lowest BCUT2D eigenvalue weighted by Gasteiger charge is -2.19. The van der Waals surface area contributed by atoms with Gasteiger partial charge < -0.3 is 0 Å². The normalized spacial score (nSPS) is 13.1. The standard InChI is InChI=1S/C10H19N3O2S/c1-6-13-7-9(8(2)11-13)16(14,15)12-10(3,4)5/h7,12H,6H2,1-5H3. The maximum atomic E-state index is 12.0. The van der Waals surface area contributed by atoms with Gasteiger partial charge in [-0.1, -0.05) is 0 Å². The predicted octanol–water partition coefficient (Wildman–Crippen LogP) is 1.29. The van der Waals surface area contributed by atoms with Gasteiger partial charge >= 0.3 is 0 Å². The first-order chi connectivity index (χ1) is 7.15. The summed E-state index contributed by atoms with van der Waals surface area (Å²) < 4.78 is 28.3. The highest BCUT2D eigenvalue weighted by molar-refractivity contribution is 7.89. The molecule has 1 heterocycles. The first-order valence-corrected chi connectivity index (χ1v) is 6.72. The summed E-state index contributed by atoms with van der Waals surface area (Å²) in [4.78, 5) is 0.254. The molecule has 16 heavy (non-hydrogen) atoms. The molecular weight excluding hydrogens is 226 g/mol. The summed E-state index contributed by atoms with van der Waals surface area (Å²) in [5, 5.41) is 4.12. The Morgan fingerprint density at radius 2 is 2.00 bits per heavy atom. The molecule has 1 rings (SSSR count). The molecule has 0 saturated carbocycles. The van der Waals surface area contributed by atoms with Crippen molar-refractivity contribution in [1.82, 2.24) is 14.5 Å². The molecule has 0 aliphatic rings. The molecule has 0 aliphatic carbocycles. The molecule has 0 radical (unpaired) electrons. The van der Waals surface area contributed by atoms with Gasteiger partial charge in [-0.2, -0.15) is 5.10 Å². The quantitative estimate of drug-likeness (QED) is 0.872. The lowest BCUT2D eigenvalue weighted by atomic mass is 10.1. The van der Waals surface area contributed by atoms with Gasteiger partial charge in [-0.15, -0.1) is 0 Å². The molecule has 0 atom stereocenters. The molecule has 0 saturated heterocycles. The van der Waals surface area contributed by atoms with Crippen LogP contribution in [0.3, 0.4) is 0 Å². The first kappa shape index (κ1) is 13.2. The zero-order valence-electron chi connectivity index (χ0n) is 10.4. The average Bonchev–Trinajstić information content (AvgIpc) is 2.43. The van der Waals surface area contributed by atoms with Crippen LogP contribution in [0.4, 0.5) is 0 Å². The predicted molar refractivity (Wildman–Crippen MR) is 62.7 cm³/mol. The zero-order chi connectivity index (χ0) is 12.6. The number of sulfonamides is 1. The van der Waals surface area contributed by atoms with Crippen molar-refractivity contribution in [2.75, 3.05) is 0 Å². The van der Waals surface area contributed by atoms with Gasteiger partial charge in [0.05, 0.1) is 5.69 Å². The zero-order valence-corrected chi connectivity index (χ0v) is 11.2. The van der Waals surface area contributed by atoms with Crippen molar-refractivity contribution in [3.05, 3.63) is 11.9 Å². The minimum atomic E-state index is -3.47. The highest BCUT2D eigenvalue weighted by Crippen LogP contribution is 2.15. The Morgan fingerprint density at radius 3 is 2.38 bits per heavy atom. The van der Waals surface area contributed by atoms with Crippen molar-refractivity contribution in [3.63, 3.8) is 0 Å². The van der Waals surface area contributed by atoms with Crippen LogP contribution in [-0.4, -0.2) is 23.7 Å². The van der Waals surface area contributed by atoms with Crippen LogP contribution in [0.2, 0.25) is 0 Å². The van der Waals surface area contributed by atoms with Gasteiger partial charge in [0.1, 0.15) is 4.90 Å². The number of rotatable bonds is 3. The van der Waals surface area contributed by atoms with Gasteiger partial charge in [-0.25, -0.2) is 13.1 Å². The fraction of sp³-hybridized carbons (Fsp3) is 0.700. The third kappa shape index (κ3) is 3.05. The van der Waals surface area contributed by atoms with Gasteiger partial charge in [-0.3, -0.25) is 4.68 Å². The van der Waals surface area contributed by atoms with E-state index in [4.69, 9.17) is 0 Å². The Bertz CT molecular complexity index is 469. The van der Waals surface area contributed by atoms with Gasteiger partial charge in [0.25, 0.3) is 0 Å². The molecule has 5 nitrogen and oxygen atoms in total. The van der Waals surface area contributed by atoms with Crippen LogP contribution in [0.1, 0.15) is 33.4 Å². The second-order valence-electron chi connectivity index (χ2n) is 4.79. The largest absolute Gasteiger partial charge is 0.271 e. The van der Waals surface area contributed by atoms with Crippen molar-refractivity contribution in [3.8, 4) is 0 Å². The van der Waals surface area contributed by atoms with E-state index in [1.807, 2.05) is 27.7 Å². The van der Waals surface area contributed by atoms with Crippen LogP contribution in [0, 0.1) is 6.92 Å². The van der Waals surface area contributed by atoms with E-state index >= 15 is 0 Å².